The number of ether oxygens (including phenoxy) is 1. The van der Waals surface area contributed by atoms with Gasteiger partial charge in [0.05, 0.1) is 16.1 Å². The largest absolute Gasteiger partial charge is 0.451 e. The van der Waals surface area contributed by atoms with Crippen molar-refractivity contribution >= 4 is 46.7 Å². The van der Waals surface area contributed by atoms with E-state index >= 15 is 0 Å². The molecule has 160 valence electrons. The smallest absolute Gasteiger partial charge is 0.416 e. The zero-order chi connectivity index (χ0) is 22.5. The first-order valence-corrected chi connectivity index (χ1v) is 9.14. The van der Waals surface area contributed by atoms with Crippen molar-refractivity contribution in [3.05, 3.63) is 63.6 Å². The molecule has 0 heterocycles. The Morgan fingerprint density at radius 1 is 1.07 bits per heavy atom. The summed E-state index contributed by atoms with van der Waals surface area (Å²) in [5.74, 6) is -2.30. The van der Waals surface area contributed by atoms with Crippen molar-refractivity contribution < 1.29 is 32.3 Å². The van der Waals surface area contributed by atoms with Crippen LogP contribution in [0.1, 0.15) is 22.8 Å². The number of esters is 1. The monoisotopic (exact) mass is 462 g/mol. The number of alkyl halides is 3. The Morgan fingerprint density at radius 3 is 2.27 bits per heavy atom. The molecule has 0 aliphatic carbocycles. The Morgan fingerprint density at radius 2 is 1.70 bits per heavy atom. The second kappa shape index (κ2) is 9.82. The van der Waals surface area contributed by atoms with Crippen LogP contribution in [0.5, 0.6) is 0 Å². The lowest BCUT2D eigenvalue weighted by atomic mass is 10.2. The number of rotatable bonds is 6. The summed E-state index contributed by atoms with van der Waals surface area (Å²) in [5, 5.41) is 5.05. The van der Waals surface area contributed by atoms with E-state index in [0.29, 0.717) is 5.02 Å². The number of carbonyl (C=O) groups is 3. The van der Waals surface area contributed by atoms with E-state index in [-0.39, 0.29) is 16.3 Å². The molecule has 0 aliphatic heterocycles. The molecule has 6 nitrogen and oxygen atoms in total. The zero-order valence-electron chi connectivity index (χ0n) is 15.3. The van der Waals surface area contributed by atoms with E-state index in [1.807, 2.05) is 0 Å². The minimum Gasteiger partial charge on any atom is -0.451 e. The molecule has 0 spiro atoms. The average Bonchev–Trinajstić information content (AvgIpc) is 2.65. The van der Waals surface area contributed by atoms with Crippen LogP contribution in [0.25, 0.3) is 0 Å². The highest BCUT2D eigenvalue weighted by molar-refractivity contribution is 6.36. The molecule has 11 heteroatoms. The molecule has 0 radical (unpaired) electrons. The number of halogens is 5. The summed E-state index contributed by atoms with van der Waals surface area (Å²) < 4.78 is 42.5. The number of carbonyl (C=O) groups excluding carboxylic acids is 3. The van der Waals surface area contributed by atoms with E-state index in [2.05, 4.69) is 10.6 Å². The predicted molar refractivity (Wildman–Crippen MR) is 104 cm³/mol. The van der Waals surface area contributed by atoms with Crippen molar-refractivity contribution in [2.24, 2.45) is 0 Å². The van der Waals surface area contributed by atoms with Gasteiger partial charge in [-0.05, 0) is 49.4 Å². The quantitative estimate of drug-likeness (QED) is 0.626. The fourth-order valence-corrected chi connectivity index (χ4v) is 2.69. The average molecular weight is 463 g/mol. The Balaban J connectivity index is 1.84. The topological polar surface area (TPSA) is 84.5 Å². The standard InChI is InChI=1S/C19H15Cl2F3N2O4/c1-10(17(28)26-13-5-2-11(3-6-13)19(22,23)24)30-16(27)9-25-18(29)14-7-4-12(20)8-15(14)21/h2-8,10H,9H2,1H3,(H,25,29)(H,26,28)/t10-/m1/s1. The highest BCUT2D eigenvalue weighted by Crippen LogP contribution is 2.29. The van der Waals surface area contributed by atoms with Crippen LogP contribution in [0.4, 0.5) is 18.9 Å². The molecule has 2 rings (SSSR count). The molecule has 0 bridgehead atoms. The van der Waals surface area contributed by atoms with Gasteiger partial charge in [0, 0.05) is 10.7 Å². The fraction of sp³-hybridized carbons (Fsp3) is 0.211. The Bertz CT molecular complexity index is 950. The molecule has 0 saturated heterocycles. The van der Waals surface area contributed by atoms with Crippen LogP contribution >= 0.6 is 23.2 Å². The summed E-state index contributed by atoms with van der Waals surface area (Å²) in [4.78, 5) is 35.9. The SMILES string of the molecule is C[C@@H](OC(=O)CNC(=O)c1ccc(Cl)cc1Cl)C(=O)Nc1ccc(C(F)(F)F)cc1. The van der Waals surface area contributed by atoms with Crippen molar-refractivity contribution in [1.29, 1.82) is 0 Å². The summed E-state index contributed by atoms with van der Waals surface area (Å²) in [6.07, 6.45) is -5.75. The molecule has 2 N–H and O–H groups in total. The van der Waals surface area contributed by atoms with Crippen molar-refractivity contribution in [1.82, 2.24) is 5.32 Å². The van der Waals surface area contributed by atoms with E-state index in [4.69, 9.17) is 27.9 Å². The van der Waals surface area contributed by atoms with Crippen LogP contribution < -0.4 is 10.6 Å². The van der Waals surface area contributed by atoms with Gasteiger partial charge >= 0.3 is 12.1 Å². The lowest BCUT2D eigenvalue weighted by Gasteiger charge is -2.14. The van der Waals surface area contributed by atoms with Gasteiger partial charge in [-0.1, -0.05) is 23.2 Å². The first-order chi connectivity index (χ1) is 14.0. The Kier molecular flexibility index (Phi) is 7.69. The highest BCUT2D eigenvalue weighted by Gasteiger charge is 2.30. The summed E-state index contributed by atoms with van der Waals surface area (Å²) in [6.45, 7) is 0.741. The van der Waals surface area contributed by atoms with Crippen LogP contribution in [-0.2, 0) is 20.5 Å². The third kappa shape index (κ3) is 6.64. The number of hydrogen-bond acceptors (Lipinski definition) is 4. The van der Waals surface area contributed by atoms with Crippen LogP contribution in [0.15, 0.2) is 42.5 Å². The van der Waals surface area contributed by atoms with Gasteiger partial charge in [-0.3, -0.25) is 14.4 Å². The Hall–Kier alpha value is -2.78. The first kappa shape index (κ1) is 23.5. The number of benzene rings is 2. The number of nitrogens with one attached hydrogen (secondary N) is 2. The molecule has 0 fully saturated rings. The summed E-state index contributed by atoms with van der Waals surface area (Å²) in [6, 6.07) is 7.97. The molecule has 0 aliphatic rings. The van der Waals surface area contributed by atoms with Gasteiger partial charge in [0.2, 0.25) is 0 Å². The van der Waals surface area contributed by atoms with E-state index in [1.165, 1.54) is 25.1 Å². The van der Waals surface area contributed by atoms with E-state index in [9.17, 15) is 27.6 Å². The van der Waals surface area contributed by atoms with Crippen molar-refractivity contribution in [2.75, 3.05) is 11.9 Å². The molecule has 2 amide bonds. The Labute approximate surface area is 179 Å². The van der Waals surface area contributed by atoms with Crippen LogP contribution in [0.3, 0.4) is 0 Å². The molecule has 0 saturated carbocycles. The maximum absolute atomic E-state index is 12.5. The lowest BCUT2D eigenvalue weighted by molar-refractivity contribution is -0.152. The minimum atomic E-state index is -4.49. The maximum atomic E-state index is 12.5. The highest BCUT2D eigenvalue weighted by atomic mass is 35.5. The number of hydrogen-bond donors (Lipinski definition) is 2. The van der Waals surface area contributed by atoms with Gasteiger partial charge in [-0.2, -0.15) is 13.2 Å². The molecule has 0 aromatic heterocycles. The third-order valence-corrected chi connectivity index (χ3v) is 4.27. The van der Waals surface area contributed by atoms with Gasteiger partial charge in [0.25, 0.3) is 11.8 Å². The van der Waals surface area contributed by atoms with Crippen molar-refractivity contribution in [3.8, 4) is 0 Å². The molecular weight excluding hydrogens is 448 g/mol. The van der Waals surface area contributed by atoms with Gasteiger partial charge in [0.15, 0.2) is 6.10 Å². The van der Waals surface area contributed by atoms with Gasteiger partial charge in [-0.25, -0.2) is 0 Å². The molecule has 2 aromatic carbocycles. The summed E-state index contributed by atoms with van der Waals surface area (Å²) in [7, 11) is 0. The normalized spacial score (nSPS) is 12.1. The van der Waals surface area contributed by atoms with Gasteiger partial charge < -0.3 is 15.4 Å². The minimum absolute atomic E-state index is 0.0951. The molecule has 1 atom stereocenters. The second-order valence-corrected chi connectivity index (χ2v) is 6.85. The molecular formula is C19H15Cl2F3N2O4. The lowest BCUT2D eigenvalue weighted by Crippen LogP contribution is -2.35. The van der Waals surface area contributed by atoms with E-state index in [0.717, 1.165) is 24.3 Å². The van der Waals surface area contributed by atoms with Crippen LogP contribution in [0, 0.1) is 0 Å². The summed E-state index contributed by atoms with van der Waals surface area (Å²) >= 11 is 11.6. The maximum Gasteiger partial charge on any atom is 0.416 e. The molecule has 2 aromatic rings. The van der Waals surface area contributed by atoms with E-state index < -0.39 is 42.2 Å². The number of anilines is 1. The number of amides is 2. The predicted octanol–water partition coefficient (Wildman–Crippen LogP) is 4.31. The van der Waals surface area contributed by atoms with Gasteiger partial charge in [0.1, 0.15) is 6.54 Å². The third-order valence-electron chi connectivity index (χ3n) is 3.73. The van der Waals surface area contributed by atoms with Gasteiger partial charge in [-0.15, -0.1) is 0 Å². The fourth-order valence-electron chi connectivity index (χ4n) is 2.20. The second-order valence-electron chi connectivity index (χ2n) is 6.00. The summed E-state index contributed by atoms with van der Waals surface area (Å²) in [5.41, 5.74) is -0.667. The van der Waals surface area contributed by atoms with Crippen LogP contribution in [0.2, 0.25) is 10.0 Å². The van der Waals surface area contributed by atoms with Crippen molar-refractivity contribution in [2.45, 2.75) is 19.2 Å². The molecule has 30 heavy (non-hydrogen) atoms. The molecule has 0 unspecified atom stereocenters. The van der Waals surface area contributed by atoms with E-state index in [1.54, 1.807) is 0 Å². The van der Waals surface area contributed by atoms with Crippen LogP contribution in [-0.4, -0.2) is 30.4 Å². The first-order valence-electron chi connectivity index (χ1n) is 8.38. The zero-order valence-corrected chi connectivity index (χ0v) is 16.9. The van der Waals surface area contributed by atoms with Crippen molar-refractivity contribution in [3.63, 3.8) is 0 Å².